The minimum absolute atomic E-state index is 0.0960. The van der Waals surface area contributed by atoms with Crippen molar-refractivity contribution < 1.29 is 4.79 Å². The molecule has 1 aromatic carbocycles. The van der Waals surface area contributed by atoms with E-state index in [2.05, 4.69) is 20.8 Å². The van der Waals surface area contributed by atoms with Crippen molar-refractivity contribution in [3.05, 3.63) is 28.7 Å². The molecule has 98 valence electrons. The number of nitrogens with zero attached hydrogens (tertiary/aromatic N) is 2. The third-order valence-electron chi connectivity index (χ3n) is 3.32. The predicted octanol–water partition coefficient (Wildman–Crippen LogP) is 1.44. The lowest BCUT2D eigenvalue weighted by Gasteiger charge is -2.39. The van der Waals surface area contributed by atoms with Gasteiger partial charge in [-0.3, -0.25) is 9.69 Å². The molecule has 2 rings (SSSR count). The average molecular weight is 312 g/mol. The second-order valence-corrected chi connectivity index (χ2v) is 5.39. The Morgan fingerprint density at radius 2 is 2.22 bits per heavy atom. The van der Waals surface area contributed by atoms with Gasteiger partial charge in [0.1, 0.15) is 0 Å². The van der Waals surface area contributed by atoms with Crippen LogP contribution in [-0.2, 0) is 4.79 Å². The topological polar surface area (TPSA) is 49.6 Å². The van der Waals surface area contributed by atoms with Gasteiger partial charge in [0.25, 0.3) is 0 Å². The zero-order chi connectivity index (χ0) is 13.1. The lowest BCUT2D eigenvalue weighted by Crippen LogP contribution is -2.56. The van der Waals surface area contributed by atoms with E-state index in [0.29, 0.717) is 6.54 Å². The highest BCUT2D eigenvalue weighted by atomic mass is 79.9. The van der Waals surface area contributed by atoms with Crippen LogP contribution in [0.5, 0.6) is 0 Å². The molecule has 0 saturated carbocycles. The lowest BCUT2D eigenvalue weighted by atomic mass is 10.1. The van der Waals surface area contributed by atoms with E-state index in [1.807, 2.05) is 36.1 Å². The minimum Gasteiger partial charge on any atom is -0.329 e. The van der Waals surface area contributed by atoms with Crippen molar-refractivity contribution in [3.8, 4) is 0 Å². The van der Waals surface area contributed by atoms with Gasteiger partial charge in [-0.2, -0.15) is 0 Å². The molecule has 1 aliphatic rings. The predicted molar refractivity (Wildman–Crippen MR) is 76.6 cm³/mol. The molecule has 18 heavy (non-hydrogen) atoms. The van der Waals surface area contributed by atoms with Crippen molar-refractivity contribution in [2.45, 2.75) is 13.0 Å². The van der Waals surface area contributed by atoms with Crippen LogP contribution in [0, 0.1) is 0 Å². The molecule has 2 N–H and O–H groups in total. The Balaban J connectivity index is 2.15. The molecule has 4 nitrogen and oxygen atoms in total. The van der Waals surface area contributed by atoms with Crippen LogP contribution in [0.2, 0.25) is 0 Å². The van der Waals surface area contributed by atoms with Crippen LogP contribution in [0.4, 0.5) is 5.69 Å². The van der Waals surface area contributed by atoms with E-state index < -0.39 is 0 Å². The maximum Gasteiger partial charge on any atom is 0.244 e. The summed E-state index contributed by atoms with van der Waals surface area (Å²) < 4.78 is 0.991. The summed E-state index contributed by atoms with van der Waals surface area (Å²) in [6, 6.07) is 7.75. The zero-order valence-corrected chi connectivity index (χ0v) is 12.1. The van der Waals surface area contributed by atoms with Gasteiger partial charge in [0.15, 0.2) is 0 Å². The normalized spacial score (nSPS) is 21.4. The molecule has 5 heteroatoms. The molecular weight excluding hydrogens is 294 g/mol. The third kappa shape index (κ3) is 2.74. The number of piperazine rings is 1. The first-order chi connectivity index (χ1) is 8.63. The van der Waals surface area contributed by atoms with Gasteiger partial charge in [-0.25, -0.2) is 0 Å². The number of rotatable bonds is 3. The van der Waals surface area contributed by atoms with Crippen LogP contribution >= 0.6 is 15.9 Å². The van der Waals surface area contributed by atoms with Gasteiger partial charge in [-0.05, 0) is 25.1 Å². The second-order valence-electron chi connectivity index (χ2n) is 4.47. The Bertz CT molecular complexity index is 438. The van der Waals surface area contributed by atoms with Crippen LogP contribution in [0.15, 0.2) is 28.7 Å². The fourth-order valence-electron chi connectivity index (χ4n) is 2.29. The van der Waals surface area contributed by atoms with Gasteiger partial charge in [-0.1, -0.05) is 22.0 Å². The molecule has 1 atom stereocenters. The number of halogens is 1. The van der Waals surface area contributed by atoms with Crippen molar-refractivity contribution >= 4 is 27.5 Å². The van der Waals surface area contributed by atoms with Crippen molar-refractivity contribution in [2.75, 3.05) is 31.1 Å². The minimum atomic E-state index is -0.0960. The number of nitrogens with two attached hydrogens (primary N) is 1. The maximum atomic E-state index is 12.4. The quantitative estimate of drug-likeness (QED) is 0.919. The third-order valence-corrected chi connectivity index (χ3v) is 3.81. The van der Waals surface area contributed by atoms with Crippen LogP contribution in [0.3, 0.4) is 0 Å². The first-order valence-corrected chi connectivity index (χ1v) is 6.94. The molecule has 1 fully saturated rings. The summed E-state index contributed by atoms with van der Waals surface area (Å²) in [5.41, 5.74) is 6.51. The number of carbonyl (C=O) groups excluding carboxylic acids is 1. The Morgan fingerprint density at radius 3 is 2.89 bits per heavy atom. The summed E-state index contributed by atoms with van der Waals surface area (Å²) in [5, 5.41) is 0. The van der Waals surface area contributed by atoms with Gasteiger partial charge >= 0.3 is 0 Å². The molecule has 0 radical (unpaired) electrons. The number of carbonyl (C=O) groups is 1. The molecule has 0 spiro atoms. The zero-order valence-electron chi connectivity index (χ0n) is 10.5. The van der Waals surface area contributed by atoms with E-state index in [4.69, 9.17) is 5.73 Å². The van der Waals surface area contributed by atoms with Crippen molar-refractivity contribution in [3.63, 3.8) is 0 Å². The Hall–Kier alpha value is -0.910. The number of amides is 1. The van der Waals surface area contributed by atoms with Crippen molar-refractivity contribution in [1.82, 2.24) is 4.90 Å². The van der Waals surface area contributed by atoms with Crippen LogP contribution in [0.1, 0.15) is 6.92 Å². The summed E-state index contributed by atoms with van der Waals surface area (Å²) in [6.45, 7) is 4.91. The number of anilines is 1. The number of benzene rings is 1. The summed E-state index contributed by atoms with van der Waals surface area (Å²) in [5.74, 6) is 0.146. The molecule has 1 aromatic rings. The van der Waals surface area contributed by atoms with Gasteiger partial charge in [0.05, 0.1) is 6.04 Å². The molecule has 1 aliphatic heterocycles. The van der Waals surface area contributed by atoms with E-state index in [-0.39, 0.29) is 11.9 Å². The molecular formula is C13H18BrN3O. The van der Waals surface area contributed by atoms with Gasteiger partial charge in [0, 0.05) is 36.3 Å². The van der Waals surface area contributed by atoms with Gasteiger partial charge in [0.2, 0.25) is 5.91 Å². The molecule has 0 aliphatic carbocycles. The van der Waals surface area contributed by atoms with E-state index in [1.165, 1.54) is 0 Å². The van der Waals surface area contributed by atoms with E-state index >= 15 is 0 Å². The van der Waals surface area contributed by atoms with Crippen LogP contribution < -0.4 is 10.6 Å². The number of hydrogen-bond donors (Lipinski definition) is 1. The average Bonchev–Trinajstić information content (AvgIpc) is 2.35. The highest BCUT2D eigenvalue weighted by Gasteiger charge is 2.31. The monoisotopic (exact) mass is 311 g/mol. The summed E-state index contributed by atoms with van der Waals surface area (Å²) in [4.78, 5) is 16.3. The Morgan fingerprint density at radius 1 is 1.44 bits per heavy atom. The lowest BCUT2D eigenvalue weighted by molar-refractivity contribution is -0.125. The Labute approximate surface area is 116 Å². The van der Waals surface area contributed by atoms with Crippen LogP contribution in [-0.4, -0.2) is 43.0 Å². The molecule has 1 saturated heterocycles. The smallest absolute Gasteiger partial charge is 0.244 e. The fraction of sp³-hybridized carbons (Fsp3) is 0.462. The molecule has 0 aromatic heterocycles. The molecule has 1 amide bonds. The first-order valence-electron chi connectivity index (χ1n) is 6.14. The Kier molecular flexibility index (Phi) is 4.37. The molecule has 0 bridgehead atoms. The summed E-state index contributed by atoms with van der Waals surface area (Å²) >= 11 is 3.44. The summed E-state index contributed by atoms with van der Waals surface area (Å²) in [7, 11) is 0. The largest absolute Gasteiger partial charge is 0.329 e. The van der Waals surface area contributed by atoms with Crippen LogP contribution in [0.25, 0.3) is 0 Å². The van der Waals surface area contributed by atoms with Gasteiger partial charge in [-0.15, -0.1) is 0 Å². The summed E-state index contributed by atoms with van der Waals surface area (Å²) in [6.07, 6.45) is 0. The van der Waals surface area contributed by atoms with Crippen molar-refractivity contribution in [2.24, 2.45) is 5.73 Å². The van der Waals surface area contributed by atoms with E-state index in [0.717, 1.165) is 29.8 Å². The van der Waals surface area contributed by atoms with E-state index in [1.54, 1.807) is 0 Å². The molecule has 1 heterocycles. The number of hydrogen-bond acceptors (Lipinski definition) is 3. The first kappa shape index (κ1) is 13.5. The van der Waals surface area contributed by atoms with Gasteiger partial charge < -0.3 is 10.6 Å². The molecule has 1 unspecified atom stereocenters. The highest BCUT2D eigenvalue weighted by Crippen LogP contribution is 2.23. The van der Waals surface area contributed by atoms with E-state index in [9.17, 15) is 4.79 Å². The standard InChI is InChI=1S/C13H18BrN3O/c1-10-13(18)17(8-7-16(10)6-5-15)12-4-2-3-11(14)9-12/h2-4,9-10H,5-8,15H2,1H3. The van der Waals surface area contributed by atoms with Crippen molar-refractivity contribution in [1.29, 1.82) is 0 Å². The SMILES string of the molecule is CC1C(=O)N(c2cccc(Br)c2)CCN1CCN. The highest BCUT2D eigenvalue weighted by molar-refractivity contribution is 9.10. The second kappa shape index (κ2) is 5.82. The fourth-order valence-corrected chi connectivity index (χ4v) is 2.67. The maximum absolute atomic E-state index is 12.4.